The van der Waals surface area contributed by atoms with E-state index in [9.17, 15) is 4.79 Å². The fourth-order valence-corrected chi connectivity index (χ4v) is 3.78. The van der Waals surface area contributed by atoms with Crippen molar-refractivity contribution in [1.29, 1.82) is 0 Å². The van der Waals surface area contributed by atoms with Crippen LogP contribution in [0.2, 0.25) is 0 Å². The maximum absolute atomic E-state index is 12.4. The number of nitrogen functional groups attached to an aromatic ring is 1. The maximum Gasteiger partial charge on any atom is 0.264 e. The minimum absolute atomic E-state index is 0.0518. The lowest BCUT2D eigenvalue weighted by Crippen LogP contribution is -2.25. The lowest BCUT2D eigenvalue weighted by Gasteiger charge is -2.15. The van der Waals surface area contributed by atoms with Crippen LogP contribution >= 0.6 is 22.7 Å². The number of carbonyl (C=O) groups is 1. The number of rotatable bonds is 3. The van der Waals surface area contributed by atoms with E-state index >= 15 is 0 Å². The molecule has 0 unspecified atom stereocenters. The summed E-state index contributed by atoms with van der Waals surface area (Å²) >= 11 is 3.16. The first-order valence-corrected chi connectivity index (χ1v) is 7.95. The van der Waals surface area contributed by atoms with E-state index < -0.39 is 0 Å². The molecule has 0 saturated carbocycles. The molecule has 0 atom stereocenters. The molecule has 2 aromatic heterocycles. The first-order valence-electron chi connectivity index (χ1n) is 6.19. The standard InChI is InChI=1S/C15H14N2OS2/c1-17(8-10-4-5-19-9-10)15(18)14-7-11-6-12(16)2-3-13(11)20-14/h2-7,9H,8,16H2,1H3. The van der Waals surface area contributed by atoms with Crippen molar-refractivity contribution in [3.63, 3.8) is 0 Å². The van der Waals surface area contributed by atoms with Crippen LogP contribution in [0.25, 0.3) is 10.1 Å². The summed E-state index contributed by atoms with van der Waals surface area (Å²) in [5.41, 5.74) is 7.66. The summed E-state index contributed by atoms with van der Waals surface area (Å²) in [7, 11) is 1.83. The molecule has 102 valence electrons. The topological polar surface area (TPSA) is 46.3 Å². The highest BCUT2D eigenvalue weighted by Crippen LogP contribution is 2.28. The number of hydrogen-bond donors (Lipinski definition) is 1. The van der Waals surface area contributed by atoms with E-state index in [0.29, 0.717) is 6.54 Å². The van der Waals surface area contributed by atoms with Gasteiger partial charge in [0.15, 0.2) is 0 Å². The number of carbonyl (C=O) groups excluding carboxylic acids is 1. The van der Waals surface area contributed by atoms with Gasteiger partial charge in [0.2, 0.25) is 0 Å². The molecule has 0 bridgehead atoms. The van der Waals surface area contributed by atoms with Crippen molar-refractivity contribution in [2.24, 2.45) is 0 Å². The molecule has 0 saturated heterocycles. The monoisotopic (exact) mass is 302 g/mol. The van der Waals surface area contributed by atoms with Gasteiger partial charge in [-0.3, -0.25) is 4.79 Å². The largest absolute Gasteiger partial charge is 0.399 e. The zero-order valence-electron chi connectivity index (χ0n) is 11.0. The molecule has 2 N–H and O–H groups in total. The summed E-state index contributed by atoms with van der Waals surface area (Å²) in [6.07, 6.45) is 0. The molecule has 0 aliphatic rings. The number of anilines is 1. The van der Waals surface area contributed by atoms with Gasteiger partial charge in [-0.25, -0.2) is 0 Å². The molecule has 1 aromatic carbocycles. The molecule has 1 amide bonds. The molecule has 0 fully saturated rings. The number of benzene rings is 1. The van der Waals surface area contributed by atoms with E-state index in [1.54, 1.807) is 16.2 Å². The number of fused-ring (bicyclic) bond motifs is 1. The van der Waals surface area contributed by atoms with Crippen LogP contribution in [0.1, 0.15) is 15.2 Å². The van der Waals surface area contributed by atoms with Crippen LogP contribution in [-0.4, -0.2) is 17.9 Å². The molecule has 0 aliphatic carbocycles. The Hall–Kier alpha value is -1.85. The second-order valence-corrected chi connectivity index (χ2v) is 6.56. The van der Waals surface area contributed by atoms with E-state index in [2.05, 4.69) is 5.38 Å². The Kier molecular flexibility index (Phi) is 3.46. The summed E-state index contributed by atoms with van der Waals surface area (Å²) in [6.45, 7) is 0.638. The third-order valence-electron chi connectivity index (χ3n) is 3.10. The summed E-state index contributed by atoms with van der Waals surface area (Å²) in [5, 5.41) is 5.12. The van der Waals surface area contributed by atoms with Crippen LogP contribution in [0.15, 0.2) is 41.1 Å². The Balaban J connectivity index is 1.84. The summed E-state index contributed by atoms with van der Waals surface area (Å²) in [5.74, 6) is 0.0518. The smallest absolute Gasteiger partial charge is 0.264 e. The van der Waals surface area contributed by atoms with Gasteiger partial charge in [-0.2, -0.15) is 11.3 Å². The molecule has 0 spiro atoms. The van der Waals surface area contributed by atoms with Crippen LogP contribution in [0.5, 0.6) is 0 Å². The van der Waals surface area contributed by atoms with Crippen molar-refractivity contribution in [1.82, 2.24) is 4.90 Å². The van der Waals surface area contributed by atoms with Crippen LogP contribution in [0.4, 0.5) is 5.69 Å². The molecule has 3 aromatic rings. The van der Waals surface area contributed by atoms with Gasteiger partial charge in [0, 0.05) is 24.0 Å². The van der Waals surface area contributed by atoms with Gasteiger partial charge in [0.1, 0.15) is 0 Å². The predicted molar refractivity (Wildman–Crippen MR) is 86.4 cm³/mol. The van der Waals surface area contributed by atoms with Crippen molar-refractivity contribution in [2.45, 2.75) is 6.54 Å². The molecular weight excluding hydrogens is 288 g/mol. The summed E-state index contributed by atoms with van der Waals surface area (Å²) in [4.78, 5) is 14.9. The normalized spacial score (nSPS) is 10.8. The SMILES string of the molecule is CN(Cc1ccsc1)C(=O)c1cc2cc(N)ccc2s1. The minimum atomic E-state index is 0.0518. The molecule has 0 radical (unpaired) electrons. The highest BCUT2D eigenvalue weighted by Gasteiger charge is 2.15. The van der Waals surface area contributed by atoms with Gasteiger partial charge in [0.25, 0.3) is 5.91 Å². The van der Waals surface area contributed by atoms with Gasteiger partial charge in [0.05, 0.1) is 4.88 Å². The second-order valence-electron chi connectivity index (χ2n) is 4.70. The fraction of sp³-hybridized carbons (Fsp3) is 0.133. The van der Waals surface area contributed by atoms with Gasteiger partial charge >= 0.3 is 0 Å². The molecule has 20 heavy (non-hydrogen) atoms. The molecule has 3 nitrogen and oxygen atoms in total. The van der Waals surface area contributed by atoms with Crippen LogP contribution in [0, 0.1) is 0 Å². The zero-order chi connectivity index (χ0) is 14.1. The van der Waals surface area contributed by atoms with Gasteiger partial charge < -0.3 is 10.6 Å². The number of nitrogens with zero attached hydrogens (tertiary/aromatic N) is 1. The van der Waals surface area contributed by atoms with E-state index in [1.165, 1.54) is 11.3 Å². The Bertz CT molecular complexity index is 746. The minimum Gasteiger partial charge on any atom is -0.399 e. The molecular formula is C15H14N2OS2. The van der Waals surface area contributed by atoms with Crippen molar-refractivity contribution in [3.8, 4) is 0 Å². The van der Waals surface area contributed by atoms with Crippen molar-refractivity contribution < 1.29 is 4.79 Å². The molecule has 5 heteroatoms. The third kappa shape index (κ3) is 2.55. The molecule has 3 rings (SSSR count). The number of amides is 1. The van der Waals surface area contributed by atoms with Crippen LogP contribution in [0.3, 0.4) is 0 Å². The summed E-state index contributed by atoms with van der Waals surface area (Å²) < 4.78 is 1.09. The Morgan fingerprint density at radius 1 is 1.30 bits per heavy atom. The van der Waals surface area contributed by atoms with Gasteiger partial charge in [-0.05, 0) is 52.0 Å². The highest BCUT2D eigenvalue weighted by atomic mass is 32.1. The van der Waals surface area contributed by atoms with E-state index in [4.69, 9.17) is 5.73 Å². The molecule has 0 aliphatic heterocycles. The Labute approximate surface area is 125 Å². The number of nitrogens with two attached hydrogens (primary N) is 1. The Morgan fingerprint density at radius 2 is 2.15 bits per heavy atom. The number of hydrogen-bond acceptors (Lipinski definition) is 4. The van der Waals surface area contributed by atoms with E-state index in [1.807, 2.05) is 42.8 Å². The van der Waals surface area contributed by atoms with Gasteiger partial charge in [-0.15, -0.1) is 11.3 Å². The van der Waals surface area contributed by atoms with E-state index in [0.717, 1.165) is 26.2 Å². The average molecular weight is 302 g/mol. The molecule has 2 heterocycles. The summed E-state index contributed by atoms with van der Waals surface area (Å²) in [6, 6.07) is 9.69. The van der Waals surface area contributed by atoms with Crippen molar-refractivity contribution >= 4 is 44.4 Å². The first kappa shape index (κ1) is 13.1. The van der Waals surface area contributed by atoms with Gasteiger partial charge in [-0.1, -0.05) is 0 Å². The fourth-order valence-electron chi connectivity index (χ4n) is 2.08. The Morgan fingerprint density at radius 3 is 2.90 bits per heavy atom. The third-order valence-corrected chi connectivity index (χ3v) is 4.93. The lowest BCUT2D eigenvalue weighted by atomic mass is 10.2. The quantitative estimate of drug-likeness (QED) is 0.748. The first-order chi connectivity index (χ1) is 9.63. The van der Waals surface area contributed by atoms with Crippen LogP contribution in [-0.2, 0) is 6.54 Å². The van der Waals surface area contributed by atoms with Crippen molar-refractivity contribution in [2.75, 3.05) is 12.8 Å². The van der Waals surface area contributed by atoms with Crippen molar-refractivity contribution in [3.05, 3.63) is 51.5 Å². The second kappa shape index (κ2) is 5.26. The zero-order valence-corrected chi connectivity index (χ0v) is 12.6. The maximum atomic E-state index is 12.4. The predicted octanol–water partition coefficient (Wildman–Crippen LogP) is 3.82. The lowest BCUT2D eigenvalue weighted by molar-refractivity contribution is 0.0790. The number of thiophene rings is 2. The van der Waals surface area contributed by atoms with Crippen LogP contribution < -0.4 is 5.73 Å². The van der Waals surface area contributed by atoms with E-state index in [-0.39, 0.29) is 5.91 Å². The highest BCUT2D eigenvalue weighted by molar-refractivity contribution is 7.20. The average Bonchev–Trinajstić information content (AvgIpc) is 3.06.